The summed E-state index contributed by atoms with van der Waals surface area (Å²) in [5.74, 6) is 0.829. The molecular formula is C22H28FN7O. The molecule has 0 spiro atoms. The minimum Gasteiger partial charge on any atom is -0.507 e. The Hall–Kier alpha value is -2.81. The van der Waals surface area contributed by atoms with Crippen LogP contribution in [0.1, 0.15) is 39.7 Å². The molecule has 0 radical (unpaired) electrons. The lowest BCUT2D eigenvalue weighted by Gasteiger charge is -2.51. The summed E-state index contributed by atoms with van der Waals surface area (Å²) in [6.45, 7) is 8.78. The fraction of sp³-hybridized carbons (Fsp3) is 0.545. The lowest BCUT2D eigenvalue weighted by Crippen LogP contribution is -2.69. The molecule has 0 bridgehead atoms. The number of anilines is 1. The normalized spacial score (nSPS) is 24.5. The zero-order chi connectivity index (χ0) is 22.1. The van der Waals surface area contributed by atoms with E-state index in [0.29, 0.717) is 29.7 Å². The molecule has 2 aromatic heterocycles. The number of phenols is 1. The minimum absolute atomic E-state index is 0.0859. The van der Waals surface area contributed by atoms with Crippen molar-refractivity contribution in [2.45, 2.75) is 63.8 Å². The number of piperidine rings is 1. The van der Waals surface area contributed by atoms with Gasteiger partial charge in [-0.3, -0.25) is 0 Å². The van der Waals surface area contributed by atoms with E-state index in [1.807, 2.05) is 26.0 Å². The number of nitrogens with one attached hydrogen (secondary N) is 1. The maximum atomic E-state index is 15.5. The Labute approximate surface area is 180 Å². The van der Waals surface area contributed by atoms with Gasteiger partial charge in [0.15, 0.2) is 5.82 Å². The number of rotatable bonds is 2. The summed E-state index contributed by atoms with van der Waals surface area (Å²) in [5.41, 5.74) is 2.81. The lowest BCUT2D eigenvalue weighted by molar-refractivity contribution is 0.0555. The Morgan fingerprint density at radius 2 is 1.90 bits per heavy atom. The average molecular weight is 426 g/mol. The van der Waals surface area contributed by atoms with Crippen LogP contribution in [-0.4, -0.2) is 60.1 Å². The molecule has 31 heavy (non-hydrogen) atoms. The molecule has 2 aliphatic heterocycles. The second kappa shape index (κ2) is 6.59. The molecule has 1 fully saturated rings. The van der Waals surface area contributed by atoms with Crippen molar-refractivity contribution in [2.75, 3.05) is 11.4 Å². The van der Waals surface area contributed by atoms with E-state index < -0.39 is 11.7 Å². The van der Waals surface area contributed by atoms with Crippen molar-refractivity contribution in [1.29, 1.82) is 0 Å². The number of aryl methyl sites for hydroxylation is 1. The third-order valence-corrected chi connectivity index (χ3v) is 6.56. The predicted molar refractivity (Wildman–Crippen MR) is 117 cm³/mol. The van der Waals surface area contributed by atoms with Gasteiger partial charge in [-0.2, -0.15) is 0 Å². The molecule has 5 rings (SSSR count). The molecule has 1 aromatic carbocycles. The summed E-state index contributed by atoms with van der Waals surface area (Å²) in [4.78, 5) is 2.08. The van der Waals surface area contributed by atoms with Gasteiger partial charge in [-0.05, 0) is 52.7 Å². The highest BCUT2D eigenvalue weighted by atomic mass is 19.1. The average Bonchev–Trinajstić information content (AvgIpc) is 3.26. The SMILES string of the molecule is Cn1nnc2cc(O)c(-c3cc4c(nn3)N([C@H]3CC(C)(C)NC(C)(C)[C@H]3F)CC4)cc21. The van der Waals surface area contributed by atoms with Gasteiger partial charge in [0.25, 0.3) is 0 Å². The first-order valence-electron chi connectivity index (χ1n) is 10.7. The number of hydrogen-bond donors (Lipinski definition) is 2. The standard InChI is InChI=1S/C22H28FN7O/c1-21(2)11-17(19(23)22(3,4)27-21)30-7-6-12-8-14(24-26-20(12)30)13-9-16-15(10-18(13)31)25-28-29(16)5/h8-10,17,19,27,31H,6-7,11H2,1-5H3/t17-,19-/m0/s1. The van der Waals surface area contributed by atoms with Crippen LogP contribution in [0.2, 0.25) is 0 Å². The molecule has 2 atom stereocenters. The molecule has 2 N–H and O–H groups in total. The zero-order valence-electron chi connectivity index (χ0n) is 18.5. The van der Waals surface area contributed by atoms with Gasteiger partial charge in [-0.25, -0.2) is 9.07 Å². The molecule has 0 aliphatic carbocycles. The van der Waals surface area contributed by atoms with Crippen LogP contribution in [0, 0.1) is 0 Å². The molecule has 9 heteroatoms. The molecule has 1 saturated heterocycles. The van der Waals surface area contributed by atoms with Crippen molar-refractivity contribution in [1.82, 2.24) is 30.5 Å². The number of benzene rings is 1. The van der Waals surface area contributed by atoms with Gasteiger partial charge in [0.2, 0.25) is 0 Å². The van der Waals surface area contributed by atoms with E-state index in [1.165, 1.54) is 0 Å². The number of halogens is 1. The van der Waals surface area contributed by atoms with E-state index in [1.54, 1.807) is 17.8 Å². The first kappa shape index (κ1) is 20.1. The van der Waals surface area contributed by atoms with Crippen molar-refractivity contribution < 1.29 is 9.50 Å². The number of aromatic hydroxyl groups is 1. The van der Waals surface area contributed by atoms with Crippen molar-refractivity contribution in [2.24, 2.45) is 7.05 Å². The van der Waals surface area contributed by atoms with Crippen molar-refractivity contribution >= 4 is 16.9 Å². The van der Waals surface area contributed by atoms with E-state index in [4.69, 9.17) is 0 Å². The van der Waals surface area contributed by atoms with Gasteiger partial charge in [0.1, 0.15) is 17.4 Å². The minimum atomic E-state index is -1.03. The van der Waals surface area contributed by atoms with E-state index >= 15 is 4.39 Å². The van der Waals surface area contributed by atoms with Gasteiger partial charge in [-0.15, -0.1) is 15.3 Å². The maximum absolute atomic E-state index is 15.5. The largest absolute Gasteiger partial charge is 0.507 e. The van der Waals surface area contributed by atoms with Gasteiger partial charge >= 0.3 is 0 Å². The summed E-state index contributed by atoms with van der Waals surface area (Å²) in [6.07, 6.45) is 0.425. The number of alkyl halides is 1. The summed E-state index contributed by atoms with van der Waals surface area (Å²) in [7, 11) is 1.80. The van der Waals surface area contributed by atoms with E-state index in [2.05, 4.69) is 44.6 Å². The molecular weight excluding hydrogens is 397 g/mol. The maximum Gasteiger partial charge on any atom is 0.154 e. The van der Waals surface area contributed by atoms with Crippen LogP contribution in [0.4, 0.5) is 10.2 Å². The van der Waals surface area contributed by atoms with Gasteiger partial charge in [0, 0.05) is 41.9 Å². The molecule has 4 heterocycles. The molecule has 3 aromatic rings. The van der Waals surface area contributed by atoms with Crippen LogP contribution in [0.5, 0.6) is 5.75 Å². The second-order valence-corrected chi connectivity index (χ2v) is 10.00. The van der Waals surface area contributed by atoms with Crippen LogP contribution in [0.15, 0.2) is 18.2 Å². The van der Waals surface area contributed by atoms with E-state index in [-0.39, 0.29) is 17.3 Å². The Kier molecular flexibility index (Phi) is 4.28. The van der Waals surface area contributed by atoms with Crippen LogP contribution < -0.4 is 10.2 Å². The predicted octanol–water partition coefficient (Wildman–Crippen LogP) is 2.75. The molecule has 0 amide bonds. The van der Waals surface area contributed by atoms with Crippen molar-refractivity contribution in [3.8, 4) is 17.0 Å². The first-order valence-corrected chi connectivity index (χ1v) is 10.7. The number of phenolic OH excluding ortho intramolecular Hbond substituents is 1. The topological polar surface area (TPSA) is 92.0 Å². The zero-order valence-corrected chi connectivity index (χ0v) is 18.5. The number of hydrogen-bond acceptors (Lipinski definition) is 7. The highest BCUT2D eigenvalue weighted by Gasteiger charge is 2.49. The molecule has 8 nitrogen and oxygen atoms in total. The Morgan fingerprint density at radius 1 is 1.13 bits per heavy atom. The highest BCUT2D eigenvalue weighted by Crippen LogP contribution is 2.40. The van der Waals surface area contributed by atoms with Crippen LogP contribution in [0.3, 0.4) is 0 Å². The highest BCUT2D eigenvalue weighted by molar-refractivity contribution is 5.85. The third-order valence-electron chi connectivity index (χ3n) is 6.56. The molecule has 2 aliphatic rings. The Bertz CT molecular complexity index is 1170. The van der Waals surface area contributed by atoms with E-state index in [0.717, 1.165) is 23.3 Å². The smallest absolute Gasteiger partial charge is 0.154 e. The monoisotopic (exact) mass is 425 g/mol. The third kappa shape index (κ3) is 3.22. The number of nitrogens with zero attached hydrogens (tertiary/aromatic N) is 6. The van der Waals surface area contributed by atoms with Crippen LogP contribution in [0.25, 0.3) is 22.3 Å². The fourth-order valence-corrected chi connectivity index (χ4v) is 5.29. The number of fused-ring (bicyclic) bond motifs is 2. The van der Waals surface area contributed by atoms with Crippen molar-refractivity contribution in [3.63, 3.8) is 0 Å². The van der Waals surface area contributed by atoms with Crippen molar-refractivity contribution in [3.05, 3.63) is 23.8 Å². The fourth-order valence-electron chi connectivity index (χ4n) is 5.29. The number of aromatic nitrogens is 5. The van der Waals surface area contributed by atoms with Crippen LogP contribution in [-0.2, 0) is 13.5 Å². The van der Waals surface area contributed by atoms with Crippen LogP contribution >= 0.6 is 0 Å². The lowest BCUT2D eigenvalue weighted by atomic mass is 9.77. The molecule has 0 saturated carbocycles. The summed E-state index contributed by atoms with van der Waals surface area (Å²) >= 11 is 0. The second-order valence-electron chi connectivity index (χ2n) is 10.00. The van der Waals surface area contributed by atoms with Gasteiger partial charge < -0.3 is 15.3 Å². The Balaban J connectivity index is 1.51. The first-order chi connectivity index (χ1) is 14.6. The summed E-state index contributed by atoms with van der Waals surface area (Å²) < 4.78 is 17.1. The van der Waals surface area contributed by atoms with E-state index in [9.17, 15) is 5.11 Å². The molecule has 164 valence electrons. The Morgan fingerprint density at radius 3 is 2.68 bits per heavy atom. The summed E-state index contributed by atoms with van der Waals surface area (Å²) in [6, 6.07) is 5.10. The quantitative estimate of drug-likeness (QED) is 0.652. The van der Waals surface area contributed by atoms with Gasteiger partial charge in [-0.1, -0.05) is 5.21 Å². The summed E-state index contributed by atoms with van der Waals surface area (Å²) in [5, 5.41) is 30.9. The molecule has 0 unspecified atom stereocenters. The van der Waals surface area contributed by atoms with Gasteiger partial charge in [0.05, 0.1) is 17.3 Å².